The van der Waals surface area contributed by atoms with Crippen LogP contribution in [-0.4, -0.2) is 15.7 Å². The summed E-state index contributed by atoms with van der Waals surface area (Å²) in [4.78, 5) is 11.9. The lowest BCUT2D eigenvalue weighted by atomic mass is 10.2. The first-order valence-corrected chi connectivity index (χ1v) is 6.22. The van der Waals surface area contributed by atoms with Crippen LogP contribution in [0.2, 0.25) is 0 Å². The number of nitrogens with one attached hydrogen (secondary N) is 1. The molecule has 7 heteroatoms. The predicted octanol–water partition coefficient (Wildman–Crippen LogP) is 3.12. The predicted molar refractivity (Wildman–Crippen MR) is 69.6 cm³/mol. The van der Waals surface area contributed by atoms with Gasteiger partial charge in [-0.2, -0.15) is 5.10 Å². The van der Waals surface area contributed by atoms with Crippen LogP contribution in [-0.2, 0) is 4.79 Å². The Labute approximate surface area is 116 Å². The van der Waals surface area contributed by atoms with Crippen LogP contribution in [0.25, 0.3) is 0 Å². The number of nitrogens with zero attached hydrogens (tertiary/aromatic N) is 2. The molecular formula is C12H10BrF2N3O. The quantitative estimate of drug-likeness (QED) is 0.940. The highest BCUT2D eigenvalue weighted by molar-refractivity contribution is 9.10. The fourth-order valence-electron chi connectivity index (χ4n) is 1.47. The molecule has 1 N–H and O–H groups in total. The van der Waals surface area contributed by atoms with Gasteiger partial charge in [0.15, 0.2) is 0 Å². The Morgan fingerprint density at radius 1 is 1.47 bits per heavy atom. The van der Waals surface area contributed by atoms with Gasteiger partial charge in [-0.1, -0.05) is 0 Å². The minimum atomic E-state index is -0.817. The summed E-state index contributed by atoms with van der Waals surface area (Å²) in [5, 5.41) is 6.36. The van der Waals surface area contributed by atoms with Crippen molar-refractivity contribution in [3.63, 3.8) is 0 Å². The number of benzene rings is 1. The number of amides is 1. The van der Waals surface area contributed by atoms with E-state index in [2.05, 4.69) is 26.3 Å². The molecule has 1 unspecified atom stereocenters. The van der Waals surface area contributed by atoms with Crippen molar-refractivity contribution in [1.29, 1.82) is 0 Å². The Hall–Kier alpha value is -1.76. The molecule has 4 nitrogen and oxygen atoms in total. The summed E-state index contributed by atoms with van der Waals surface area (Å²) in [5.41, 5.74) is -0.0653. The van der Waals surface area contributed by atoms with Crippen molar-refractivity contribution in [1.82, 2.24) is 9.78 Å². The van der Waals surface area contributed by atoms with Gasteiger partial charge in [0, 0.05) is 12.3 Å². The van der Waals surface area contributed by atoms with Crippen LogP contribution >= 0.6 is 15.9 Å². The molecule has 1 aromatic carbocycles. The molecule has 2 rings (SSSR count). The van der Waals surface area contributed by atoms with E-state index in [1.54, 1.807) is 19.3 Å². The summed E-state index contributed by atoms with van der Waals surface area (Å²) in [5.74, 6) is -1.96. The number of rotatable bonds is 3. The highest BCUT2D eigenvalue weighted by atomic mass is 79.9. The van der Waals surface area contributed by atoms with E-state index in [-0.39, 0.29) is 5.69 Å². The lowest BCUT2D eigenvalue weighted by Gasteiger charge is -2.13. The van der Waals surface area contributed by atoms with Crippen LogP contribution < -0.4 is 5.32 Å². The van der Waals surface area contributed by atoms with Crippen LogP contribution in [0.4, 0.5) is 14.5 Å². The highest BCUT2D eigenvalue weighted by Gasteiger charge is 2.17. The molecule has 0 fully saturated rings. The second-order valence-corrected chi connectivity index (χ2v) is 4.84. The average Bonchev–Trinajstić information content (AvgIpc) is 2.78. The van der Waals surface area contributed by atoms with Gasteiger partial charge in [-0.05, 0) is 35.0 Å². The topological polar surface area (TPSA) is 46.9 Å². The van der Waals surface area contributed by atoms with E-state index < -0.39 is 23.6 Å². The summed E-state index contributed by atoms with van der Waals surface area (Å²) >= 11 is 3.22. The monoisotopic (exact) mass is 329 g/mol. The molecule has 0 saturated heterocycles. The number of hydrogen-bond donors (Lipinski definition) is 1. The largest absolute Gasteiger partial charge is 0.322 e. The van der Waals surface area contributed by atoms with Crippen molar-refractivity contribution in [3.05, 3.63) is 46.7 Å². The van der Waals surface area contributed by atoms with Crippen LogP contribution in [0.15, 0.2) is 35.1 Å². The molecule has 1 atom stereocenters. The van der Waals surface area contributed by atoms with Crippen molar-refractivity contribution < 1.29 is 13.6 Å². The lowest BCUT2D eigenvalue weighted by molar-refractivity contribution is -0.119. The number of aromatic nitrogens is 2. The third-order valence-corrected chi connectivity index (χ3v) is 2.94. The number of halogens is 3. The van der Waals surface area contributed by atoms with Crippen LogP contribution in [0.1, 0.15) is 13.0 Å². The van der Waals surface area contributed by atoms with Crippen molar-refractivity contribution in [3.8, 4) is 0 Å². The van der Waals surface area contributed by atoms with Crippen molar-refractivity contribution in [2.45, 2.75) is 13.0 Å². The fraction of sp³-hybridized carbons (Fsp3) is 0.167. The first-order valence-electron chi connectivity index (χ1n) is 5.43. The zero-order valence-corrected chi connectivity index (χ0v) is 11.5. The Bertz CT molecular complexity index is 615. The van der Waals surface area contributed by atoms with Crippen LogP contribution in [0.3, 0.4) is 0 Å². The number of carbonyl (C=O) groups excluding carboxylic acids is 1. The Morgan fingerprint density at radius 2 is 2.21 bits per heavy atom. The van der Waals surface area contributed by atoms with E-state index in [1.165, 1.54) is 10.7 Å². The maximum Gasteiger partial charge on any atom is 0.249 e. The summed E-state index contributed by atoms with van der Waals surface area (Å²) < 4.78 is 28.3. The Balaban J connectivity index is 2.12. The molecule has 1 heterocycles. The first kappa shape index (κ1) is 13.7. The molecule has 0 bridgehead atoms. The first-order chi connectivity index (χ1) is 8.97. The van der Waals surface area contributed by atoms with Gasteiger partial charge in [0.1, 0.15) is 17.7 Å². The SMILES string of the molecule is CC(C(=O)Nc1ccc(F)cc1F)n1cc(Br)cn1. The van der Waals surface area contributed by atoms with Crippen LogP contribution in [0, 0.1) is 11.6 Å². The molecule has 0 aliphatic carbocycles. The van der Waals surface area contributed by atoms with Gasteiger partial charge in [0.2, 0.25) is 5.91 Å². The minimum absolute atomic E-state index is 0.0653. The molecule has 0 spiro atoms. The van der Waals surface area contributed by atoms with Crippen molar-refractivity contribution >= 4 is 27.5 Å². The standard InChI is InChI=1S/C12H10BrF2N3O/c1-7(18-6-8(13)5-16-18)12(19)17-11-3-2-9(14)4-10(11)15/h2-7H,1H3,(H,17,19). The van der Waals surface area contributed by atoms with E-state index in [0.29, 0.717) is 6.07 Å². The average molecular weight is 330 g/mol. The van der Waals surface area contributed by atoms with Crippen LogP contribution in [0.5, 0.6) is 0 Å². The van der Waals surface area contributed by atoms with E-state index in [9.17, 15) is 13.6 Å². The summed E-state index contributed by atoms with van der Waals surface area (Å²) in [6, 6.07) is 2.35. The molecule has 1 amide bonds. The fourth-order valence-corrected chi connectivity index (χ4v) is 1.78. The highest BCUT2D eigenvalue weighted by Crippen LogP contribution is 2.18. The second-order valence-electron chi connectivity index (χ2n) is 3.93. The molecular weight excluding hydrogens is 320 g/mol. The Morgan fingerprint density at radius 3 is 2.79 bits per heavy atom. The molecule has 0 aliphatic rings. The normalized spacial score (nSPS) is 12.2. The molecule has 1 aromatic heterocycles. The summed E-state index contributed by atoms with van der Waals surface area (Å²) in [6.07, 6.45) is 3.17. The van der Waals surface area contributed by atoms with Gasteiger partial charge in [-0.15, -0.1) is 0 Å². The molecule has 0 aliphatic heterocycles. The number of hydrogen-bond acceptors (Lipinski definition) is 2. The second kappa shape index (κ2) is 5.48. The molecule has 19 heavy (non-hydrogen) atoms. The van der Waals surface area contributed by atoms with E-state index in [0.717, 1.165) is 10.5 Å². The zero-order chi connectivity index (χ0) is 14.0. The van der Waals surface area contributed by atoms with Gasteiger partial charge in [0.25, 0.3) is 0 Å². The van der Waals surface area contributed by atoms with E-state index >= 15 is 0 Å². The van der Waals surface area contributed by atoms with E-state index in [1.807, 2.05) is 0 Å². The van der Waals surface area contributed by atoms with Crippen molar-refractivity contribution in [2.24, 2.45) is 0 Å². The Kier molecular flexibility index (Phi) is 3.94. The molecule has 2 aromatic rings. The summed E-state index contributed by atoms with van der Waals surface area (Å²) in [6.45, 7) is 1.62. The third kappa shape index (κ3) is 3.17. The van der Waals surface area contributed by atoms with E-state index in [4.69, 9.17) is 0 Å². The number of anilines is 1. The van der Waals surface area contributed by atoms with Gasteiger partial charge in [0.05, 0.1) is 16.4 Å². The maximum absolute atomic E-state index is 13.4. The van der Waals surface area contributed by atoms with Gasteiger partial charge in [-0.25, -0.2) is 8.78 Å². The number of carbonyl (C=O) groups is 1. The van der Waals surface area contributed by atoms with Gasteiger partial charge < -0.3 is 5.32 Å². The van der Waals surface area contributed by atoms with Gasteiger partial charge >= 0.3 is 0 Å². The molecule has 0 radical (unpaired) electrons. The lowest BCUT2D eigenvalue weighted by Crippen LogP contribution is -2.24. The maximum atomic E-state index is 13.4. The summed E-state index contributed by atoms with van der Waals surface area (Å²) in [7, 11) is 0. The minimum Gasteiger partial charge on any atom is -0.322 e. The third-order valence-electron chi connectivity index (χ3n) is 2.54. The molecule has 100 valence electrons. The smallest absolute Gasteiger partial charge is 0.249 e. The molecule has 0 saturated carbocycles. The van der Waals surface area contributed by atoms with Gasteiger partial charge in [-0.3, -0.25) is 9.48 Å². The zero-order valence-electron chi connectivity index (χ0n) is 9.90. The van der Waals surface area contributed by atoms with Crippen molar-refractivity contribution in [2.75, 3.05) is 5.32 Å².